The van der Waals surface area contributed by atoms with Crippen LogP contribution >= 0.6 is 34.5 Å². The fraction of sp³-hybridized carbons (Fsp3) is 0.0556. The Bertz CT molecular complexity index is 1040. The lowest BCUT2D eigenvalue weighted by Crippen LogP contribution is -2.24. The minimum atomic E-state index is -0.577. The summed E-state index contributed by atoms with van der Waals surface area (Å²) >= 11 is 12.7. The number of phenols is 1. The summed E-state index contributed by atoms with van der Waals surface area (Å²) in [6.07, 6.45) is 0. The molecule has 144 valence electrons. The highest BCUT2D eigenvalue weighted by Crippen LogP contribution is 2.33. The fourth-order valence-electron chi connectivity index (χ4n) is 2.28. The Morgan fingerprint density at radius 3 is 2.54 bits per heavy atom. The summed E-state index contributed by atoms with van der Waals surface area (Å²) in [5.41, 5.74) is 2.12. The monoisotopic (exact) mass is 439 g/mol. The van der Waals surface area contributed by atoms with Gasteiger partial charge < -0.3 is 15.7 Å². The Morgan fingerprint density at radius 1 is 1.14 bits per heavy atom. The highest BCUT2D eigenvalue weighted by atomic mass is 35.5. The van der Waals surface area contributed by atoms with Crippen molar-refractivity contribution in [3.05, 3.63) is 74.6 Å². The molecule has 28 heavy (non-hydrogen) atoms. The number of aromatic hydroxyl groups is 1. The van der Waals surface area contributed by atoms with Gasteiger partial charge in [-0.05, 0) is 29.8 Å². The minimum Gasteiger partial charge on any atom is -0.505 e. The second-order valence-electron chi connectivity index (χ2n) is 5.59. The van der Waals surface area contributed by atoms with Crippen molar-refractivity contribution < 1.29 is 19.1 Å². The molecule has 6 nitrogen and oxygen atoms in total. The number of halogens is 3. The van der Waals surface area contributed by atoms with Gasteiger partial charge in [0.2, 0.25) is 0 Å². The van der Waals surface area contributed by atoms with Gasteiger partial charge >= 0.3 is 0 Å². The molecule has 0 aliphatic carbocycles. The van der Waals surface area contributed by atoms with E-state index in [1.165, 1.54) is 29.8 Å². The van der Waals surface area contributed by atoms with E-state index in [1.807, 2.05) is 0 Å². The Kier molecular flexibility index (Phi) is 6.13. The van der Waals surface area contributed by atoms with Crippen LogP contribution in [-0.4, -0.2) is 21.9 Å². The number of hydrogen-bond donors (Lipinski definition) is 3. The zero-order chi connectivity index (χ0) is 20.3. The summed E-state index contributed by atoms with van der Waals surface area (Å²) in [5, 5.41) is 14.8. The molecule has 2 amide bonds. The molecule has 3 aromatic rings. The molecule has 0 bridgehead atoms. The molecular weight excluding hydrogens is 428 g/mol. The van der Waals surface area contributed by atoms with Crippen LogP contribution in [0, 0.1) is 5.82 Å². The second-order valence-corrected chi connectivity index (χ2v) is 7.25. The number of anilines is 1. The zero-order valence-electron chi connectivity index (χ0n) is 14.0. The van der Waals surface area contributed by atoms with Crippen LogP contribution in [0.2, 0.25) is 10.0 Å². The molecule has 0 unspecified atom stereocenters. The highest BCUT2D eigenvalue weighted by molar-refractivity contribution is 7.14. The van der Waals surface area contributed by atoms with Crippen LogP contribution in [0.15, 0.2) is 41.9 Å². The average molecular weight is 440 g/mol. The second kappa shape index (κ2) is 8.55. The molecule has 0 radical (unpaired) electrons. The number of carbonyl (C=O) groups is 2. The highest BCUT2D eigenvalue weighted by Gasteiger charge is 2.19. The molecule has 1 aromatic heterocycles. The van der Waals surface area contributed by atoms with Gasteiger partial charge in [-0.2, -0.15) is 0 Å². The summed E-state index contributed by atoms with van der Waals surface area (Å²) in [4.78, 5) is 28.8. The van der Waals surface area contributed by atoms with Crippen molar-refractivity contribution in [2.24, 2.45) is 0 Å². The van der Waals surface area contributed by atoms with Crippen LogP contribution in [-0.2, 0) is 6.54 Å². The molecule has 1 heterocycles. The van der Waals surface area contributed by atoms with Gasteiger partial charge in [0.05, 0.1) is 15.6 Å². The van der Waals surface area contributed by atoms with Crippen LogP contribution in [0.5, 0.6) is 5.75 Å². The number of hydrogen-bond acceptors (Lipinski definition) is 5. The first-order valence-electron chi connectivity index (χ1n) is 7.80. The first-order valence-corrected chi connectivity index (χ1v) is 9.44. The van der Waals surface area contributed by atoms with Crippen molar-refractivity contribution >= 4 is 51.4 Å². The number of aromatic nitrogens is 1. The average Bonchev–Trinajstić information content (AvgIpc) is 3.12. The lowest BCUT2D eigenvalue weighted by Gasteiger charge is -2.08. The van der Waals surface area contributed by atoms with Gasteiger partial charge in [0.1, 0.15) is 10.8 Å². The standard InChI is InChI=1S/C18H12Cl2FN3O3S/c19-12-5-10(6-13(20)15(12)25)16(26)24-18-14(23-8-28-18)17(27)22-7-9-2-1-3-11(21)4-9/h1-6,8,25H,7H2,(H,22,27)(H,24,26). The Hall–Kier alpha value is -2.68. The largest absolute Gasteiger partial charge is 0.505 e. The van der Waals surface area contributed by atoms with E-state index in [9.17, 15) is 19.1 Å². The third kappa shape index (κ3) is 4.59. The summed E-state index contributed by atoms with van der Waals surface area (Å²) in [7, 11) is 0. The smallest absolute Gasteiger partial charge is 0.273 e. The summed E-state index contributed by atoms with van der Waals surface area (Å²) in [5.74, 6) is -1.83. The van der Waals surface area contributed by atoms with E-state index in [-0.39, 0.29) is 38.6 Å². The molecule has 0 saturated carbocycles. The van der Waals surface area contributed by atoms with Crippen molar-refractivity contribution in [1.29, 1.82) is 0 Å². The van der Waals surface area contributed by atoms with Gasteiger partial charge in [-0.1, -0.05) is 35.3 Å². The maximum absolute atomic E-state index is 13.2. The minimum absolute atomic E-state index is 0.0192. The third-order valence-electron chi connectivity index (χ3n) is 3.63. The lowest BCUT2D eigenvalue weighted by atomic mass is 10.2. The van der Waals surface area contributed by atoms with Crippen LogP contribution in [0.3, 0.4) is 0 Å². The van der Waals surface area contributed by atoms with E-state index < -0.39 is 17.6 Å². The van der Waals surface area contributed by atoms with E-state index >= 15 is 0 Å². The molecule has 0 spiro atoms. The maximum atomic E-state index is 13.2. The molecule has 2 aromatic carbocycles. The SMILES string of the molecule is O=C(Nc1scnc1C(=O)NCc1cccc(F)c1)c1cc(Cl)c(O)c(Cl)c1. The lowest BCUT2D eigenvalue weighted by molar-refractivity contribution is 0.0947. The van der Waals surface area contributed by atoms with Crippen LogP contribution < -0.4 is 10.6 Å². The van der Waals surface area contributed by atoms with Gasteiger partial charge in [0.15, 0.2) is 11.4 Å². The molecule has 3 N–H and O–H groups in total. The predicted molar refractivity (Wildman–Crippen MR) is 106 cm³/mol. The van der Waals surface area contributed by atoms with E-state index in [4.69, 9.17) is 23.2 Å². The number of thiazole rings is 1. The predicted octanol–water partition coefficient (Wildman–Crippen LogP) is 4.48. The third-order valence-corrected chi connectivity index (χ3v) is 4.95. The van der Waals surface area contributed by atoms with Crippen LogP contribution in [0.4, 0.5) is 9.39 Å². The van der Waals surface area contributed by atoms with Crippen molar-refractivity contribution in [3.8, 4) is 5.75 Å². The molecule has 0 fully saturated rings. The zero-order valence-corrected chi connectivity index (χ0v) is 16.3. The van der Waals surface area contributed by atoms with Crippen LogP contribution in [0.1, 0.15) is 26.4 Å². The molecule has 3 rings (SSSR count). The molecule has 0 saturated heterocycles. The van der Waals surface area contributed by atoms with Crippen molar-refractivity contribution in [3.63, 3.8) is 0 Å². The Morgan fingerprint density at radius 2 is 1.86 bits per heavy atom. The first kappa shape index (κ1) is 20.1. The number of phenolic OH excluding ortho intramolecular Hbond substituents is 1. The van der Waals surface area contributed by atoms with E-state index in [0.29, 0.717) is 5.56 Å². The maximum Gasteiger partial charge on any atom is 0.273 e. The Labute approximate surface area is 172 Å². The summed E-state index contributed by atoms with van der Waals surface area (Å²) in [6.45, 7) is 0.102. The molecule has 0 aliphatic rings. The quantitative estimate of drug-likeness (QED) is 0.546. The van der Waals surface area contributed by atoms with Crippen molar-refractivity contribution in [2.75, 3.05) is 5.32 Å². The number of nitrogens with one attached hydrogen (secondary N) is 2. The van der Waals surface area contributed by atoms with Crippen molar-refractivity contribution in [2.45, 2.75) is 6.54 Å². The number of rotatable bonds is 5. The summed E-state index contributed by atoms with van der Waals surface area (Å²) < 4.78 is 13.2. The number of benzene rings is 2. The van der Waals surface area contributed by atoms with Gasteiger partial charge in [0.25, 0.3) is 11.8 Å². The van der Waals surface area contributed by atoms with E-state index in [0.717, 1.165) is 11.3 Å². The van der Waals surface area contributed by atoms with Crippen molar-refractivity contribution in [1.82, 2.24) is 10.3 Å². The van der Waals surface area contributed by atoms with Gasteiger partial charge in [0, 0.05) is 12.1 Å². The molecular formula is C18H12Cl2FN3O3S. The topological polar surface area (TPSA) is 91.3 Å². The molecule has 0 atom stereocenters. The van der Waals surface area contributed by atoms with Gasteiger partial charge in [-0.25, -0.2) is 9.37 Å². The summed E-state index contributed by atoms with van der Waals surface area (Å²) in [6, 6.07) is 8.33. The van der Waals surface area contributed by atoms with Crippen LogP contribution in [0.25, 0.3) is 0 Å². The number of carbonyl (C=O) groups excluding carboxylic acids is 2. The van der Waals surface area contributed by atoms with E-state index in [2.05, 4.69) is 15.6 Å². The normalized spacial score (nSPS) is 10.5. The van der Waals surface area contributed by atoms with Gasteiger partial charge in [-0.3, -0.25) is 9.59 Å². The first-order chi connectivity index (χ1) is 13.3. The van der Waals surface area contributed by atoms with E-state index in [1.54, 1.807) is 12.1 Å². The molecule has 10 heteroatoms. The van der Waals surface area contributed by atoms with Gasteiger partial charge in [-0.15, -0.1) is 11.3 Å². The fourth-order valence-corrected chi connectivity index (χ4v) is 3.44. The molecule has 0 aliphatic heterocycles. The Balaban J connectivity index is 1.71. The number of amides is 2. The number of nitrogens with zero attached hydrogens (tertiary/aromatic N) is 1.